The number of nitrogens with two attached hydrogens (primary N) is 1. The van der Waals surface area contributed by atoms with Gasteiger partial charge in [-0.25, -0.2) is 4.79 Å². The zero-order chi connectivity index (χ0) is 38.2. The van der Waals surface area contributed by atoms with E-state index in [4.69, 9.17) is 5.73 Å². The molecular weight excluding hydrogens is 675 g/mol. The lowest BCUT2D eigenvalue weighted by molar-refractivity contribution is -0.144. The Kier molecular flexibility index (Phi) is 18.0. The molecule has 1 heterocycles. The van der Waals surface area contributed by atoms with Gasteiger partial charge in [0.1, 0.15) is 24.2 Å². The van der Waals surface area contributed by atoms with Crippen LogP contribution >= 0.6 is 11.8 Å². The molecule has 0 saturated heterocycles. The summed E-state index contributed by atoms with van der Waals surface area (Å²) in [5.41, 5.74) is 7.58. The van der Waals surface area contributed by atoms with Gasteiger partial charge in [0.2, 0.25) is 29.5 Å². The molecule has 15 heteroatoms. The molecule has 9 N–H and O–H groups in total. The lowest BCUT2D eigenvalue weighted by atomic mass is 9.95. The standard InChI is InChI=1S/C36H57N7O7S/c1-8-20(4)29(41-32(45)25(37)15-16-51-7)34(47)39-19-28(44)40-27(17-23-18-38-26-14-12-11-13-24(23)26)33(46)42-30(21(5)9-2)35(48)43-31(36(49)50)22(6)10-3/h11-14,18,20-22,25,27,29-31,38H,8-10,15-17,19,37H2,1-7H3,(H,39,47)(H,40,44)(H,41,45)(H,42,46)(H,43,48)(H,49,50)/t20-,21-,22-,25-,27-,29-,30-,31-/m0/s1. The van der Waals surface area contributed by atoms with Crippen molar-refractivity contribution < 1.29 is 33.9 Å². The molecule has 0 aliphatic rings. The number of benzene rings is 1. The first-order valence-electron chi connectivity index (χ1n) is 17.7. The molecule has 5 amide bonds. The van der Waals surface area contributed by atoms with Crippen LogP contribution in [0.5, 0.6) is 0 Å². The molecule has 8 atom stereocenters. The van der Waals surface area contributed by atoms with Gasteiger partial charge in [-0.1, -0.05) is 79.0 Å². The Hall–Kier alpha value is -4.11. The summed E-state index contributed by atoms with van der Waals surface area (Å²) in [5.74, 6) is -4.44. The average molecular weight is 732 g/mol. The first-order valence-corrected chi connectivity index (χ1v) is 19.1. The van der Waals surface area contributed by atoms with Crippen LogP contribution in [0, 0.1) is 17.8 Å². The summed E-state index contributed by atoms with van der Waals surface area (Å²) in [4.78, 5) is 81.8. The van der Waals surface area contributed by atoms with E-state index < -0.39 is 72.3 Å². The molecule has 1 aromatic carbocycles. The normalized spacial score (nSPS) is 16.0. The molecule has 51 heavy (non-hydrogen) atoms. The van der Waals surface area contributed by atoms with Gasteiger partial charge in [0, 0.05) is 23.5 Å². The third-order valence-electron chi connectivity index (χ3n) is 9.51. The third kappa shape index (κ3) is 12.9. The summed E-state index contributed by atoms with van der Waals surface area (Å²) in [6.07, 6.45) is 5.74. The minimum absolute atomic E-state index is 0.0501. The highest BCUT2D eigenvalue weighted by molar-refractivity contribution is 7.98. The topological polar surface area (TPSA) is 225 Å². The smallest absolute Gasteiger partial charge is 0.326 e. The largest absolute Gasteiger partial charge is 0.480 e. The van der Waals surface area contributed by atoms with Crippen molar-refractivity contribution in [2.24, 2.45) is 23.5 Å². The monoisotopic (exact) mass is 731 g/mol. The molecule has 0 unspecified atom stereocenters. The van der Waals surface area contributed by atoms with E-state index in [-0.39, 0.29) is 24.2 Å². The molecule has 0 saturated carbocycles. The second-order valence-electron chi connectivity index (χ2n) is 13.2. The van der Waals surface area contributed by atoms with Crippen LogP contribution < -0.4 is 32.3 Å². The van der Waals surface area contributed by atoms with Gasteiger partial charge in [0.05, 0.1) is 12.6 Å². The highest BCUT2D eigenvalue weighted by Crippen LogP contribution is 2.20. The van der Waals surface area contributed by atoms with E-state index in [2.05, 4.69) is 31.6 Å². The second kappa shape index (κ2) is 21.3. The Morgan fingerprint density at radius 3 is 1.92 bits per heavy atom. The number of H-pyrrole nitrogens is 1. The minimum atomic E-state index is -1.17. The van der Waals surface area contributed by atoms with Crippen LogP contribution in [0.25, 0.3) is 10.9 Å². The summed E-state index contributed by atoms with van der Waals surface area (Å²) < 4.78 is 0. The number of amides is 5. The Morgan fingerprint density at radius 1 is 0.784 bits per heavy atom. The van der Waals surface area contributed by atoms with E-state index in [0.717, 1.165) is 16.5 Å². The number of para-hydroxylation sites is 1. The number of carbonyl (C=O) groups is 6. The van der Waals surface area contributed by atoms with Crippen LogP contribution in [-0.4, -0.2) is 94.4 Å². The summed E-state index contributed by atoms with van der Waals surface area (Å²) in [5, 5.41) is 24.0. The minimum Gasteiger partial charge on any atom is -0.480 e. The highest BCUT2D eigenvalue weighted by atomic mass is 32.2. The number of carboxylic acid groups (broad SMARTS) is 1. The SMILES string of the molecule is CC[C@H](C)[C@H](NC(=O)[C@@H](NC(=O)[C@H](Cc1c[nH]c2ccccc12)NC(=O)CNC(=O)[C@@H](NC(=O)[C@@H](N)CCSC)[C@@H](C)CC)[C@@H](C)CC)C(=O)O. The predicted octanol–water partition coefficient (Wildman–Crippen LogP) is 2.07. The van der Waals surface area contributed by atoms with Gasteiger partial charge in [0.15, 0.2) is 0 Å². The molecule has 0 spiro atoms. The third-order valence-corrected chi connectivity index (χ3v) is 10.2. The van der Waals surface area contributed by atoms with Crippen LogP contribution in [-0.2, 0) is 35.2 Å². The maximum atomic E-state index is 13.9. The maximum absolute atomic E-state index is 13.9. The van der Waals surface area contributed by atoms with E-state index in [9.17, 15) is 33.9 Å². The van der Waals surface area contributed by atoms with Crippen molar-refractivity contribution in [2.75, 3.05) is 18.6 Å². The number of nitrogens with one attached hydrogen (secondary N) is 6. The van der Waals surface area contributed by atoms with Crippen molar-refractivity contribution in [3.8, 4) is 0 Å². The van der Waals surface area contributed by atoms with Crippen molar-refractivity contribution >= 4 is 58.2 Å². The number of thioether (sulfide) groups is 1. The number of aromatic amines is 1. The Morgan fingerprint density at radius 2 is 1.33 bits per heavy atom. The number of hydrogen-bond donors (Lipinski definition) is 8. The Labute approximate surface area is 305 Å². The molecular formula is C36H57N7O7S. The average Bonchev–Trinajstić information content (AvgIpc) is 3.53. The van der Waals surface area contributed by atoms with E-state index >= 15 is 0 Å². The van der Waals surface area contributed by atoms with E-state index in [1.54, 1.807) is 31.8 Å². The fraction of sp³-hybridized carbons (Fsp3) is 0.611. The second-order valence-corrected chi connectivity index (χ2v) is 14.2. The van der Waals surface area contributed by atoms with Gasteiger partial charge in [0.25, 0.3) is 0 Å². The summed E-state index contributed by atoms with van der Waals surface area (Å²) >= 11 is 1.56. The molecule has 2 aromatic rings. The van der Waals surface area contributed by atoms with Gasteiger partial charge >= 0.3 is 5.97 Å². The van der Waals surface area contributed by atoms with Crippen molar-refractivity contribution in [3.05, 3.63) is 36.0 Å². The predicted molar refractivity (Wildman–Crippen MR) is 200 cm³/mol. The van der Waals surface area contributed by atoms with Crippen LogP contribution in [0.3, 0.4) is 0 Å². The van der Waals surface area contributed by atoms with Crippen LogP contribution in [0.2, 0.25) is 0 Å². The quantitative estimate of drug-likeness (QED) is 0.0886. The lowest BCUT2D eigenvalue weighted by Gasteiger charge is -2.29. The first-order chi connectivity index (χ1) is 24.2. The number of carboxylic acids is 1. The molecule has 14 nitrogen and oxygen atoms in total. The first kappa shape index (κ1) is 43.1. The molecule has 0 bridgehead atoms. The molecule has 0 fully saturated rings. The van der Waals surface area contributed by atoms with Crippen LogP contribution in [0.1, 0.15) is 72.8 Å². The van der Waals surface area contributed by atoms with E-state index in [1.165, 1.54) is 0 Å². The molecule has 2 rings (SSSR count). The van der Waals surface area contributed by atoms with Gasteiger partial charge in [-0.3, -0.25) is 24.0 Å². The van der Waals surface area contributed by atoms with Crippen molar-refractivity contribution in [3.63, 3.8) is 0 Å². The number of carbonyl (C=O) groups excluding carboxylic acids is 5. The van der Waals surface area contributed by atoms with Crippen LogP contribution in [0.4, 0.5) is 0 Å². The lowest BCUT2D eigenvalue weighted by Crippen LogP contribution is -2.59. The summed E-state index contributed by atoms with van der Waals surface area (Å²) in [7, 11) is 0. The van der Waals surface area contributed by atoms with Gasteiger partial charge in [-0.15, -0.1) is 0 Å². The number of hydrogen-bond acceptors (Lipinski definition) is 8. The van der Waals surface area contributed by atoms with E-state index in [0.29, 0.717) is 31.4 Å². The molecule has 0 radical (unpaired) electrons. The fourth-order valence-electron chi connectivity index (χ4n) is 5.47. The van der Waals surface area contributed by atoms with Crippen molar-refractivity contribution in [1.29, 1.82) is 0 Å². The zero-order valence-electron chi connectivity index (χ0n) is 30.8. The maximum Gasteiger partial charge on any atom is 0.326 e. The highest BCUT2D eigenvalue weighted by Gasteiger charge is 2.34. The van der Waals surface area contributed by atoms with Crippen LogP contribution in [0.15, 0.2) is 30.5 Å². The van der Waals surface area contributed by atoms with Gasteiger partial charge in [-0.2, -0.15) is 11.8 Å². The van der Waals surface area contributed by atoms with Crippen molar-refractivity contribution in [1.82, 2.24) is 31.6 Å². The van der Waals surface area contributed by atoms with E-state index in [1.807, 2.05) is 58.2 Å². The molecule has 0 aliphatic heterocycles. The summed E-state index contributed by atoms with van der Waals surface area (Å²) in [6, 6.07) is 2.36. The molecule has 284 valence electrons. The molecule has 1 aromatic heterocycles. The van der Waals surface area contributed by atoms with Gasteiger partial charge < -0.3 is 42.4 Å². The Balaban J connectivity index is 2.29. The number of aromatic nitrogens is 1. The number of aliphatic carboxylic acids is 1. The van der Waals surface area contributed by atoms with Gasteiger partial charge in [-0.05, 0) is 47.8 Å². The summed E-state index contributed by atoms with van der Waals surface area (Å²) in [6.45, 7) is 10.4. The zero-order valence-corrected chi connectivity index (χ0v) is 31.7. The molecule has 0 aliphatic carbocycles. The number of rotatable bonds is 22. The fourth-order valence-corrected chi connectivity index (χ4v) is 5.96. The van der Waals surface area contributed by atoms with Crippen molar-refractivity contribution in [2.45, 2.75) is 104 Å². The number of fused-ring (bicyclic) bond motifs is 1. The Bertz CT molecular complexity index is 1480.